The molecule has 0 heterocycles. The second-order valence-electron chi connectivity index (χ2n) is 10.1. The molecule has 6 aromatic rings. The third kappa shape index (κ3) is 4.44. The zero-order valence-electron chi connectivity index (χ0n) is 22.2. The van der Waals surface area contributed by atoms with Gasteiger partial charge >= 0.3 is 0 Å². The van der Waals surface area contributed by atoms with E-state index in [1.54, 1.807) is 12.1 Å². The minimum atomic E-state index is -0.230. The van der Waals surface area contributed by atoms with Gasteiger partial charge in [0.25, 0.3) is 0 Å². The fourth-order valence-electron chi connectivity index (χ4n) is 5.59. The molecular weight excluding hydrogens is 502 g/mol. The first-order valence-corrected chi connectivity index (χ1v) is 13.6. The molecule has 0 saturated heterocycles. The lowest BCUT2D eigenvalue weighted by Crippen LogP contribution is -2.09. The minimum absolute atomic E-state index is 0.200. The molecule has 3 nitrogen and oxygen atoms in total. The van der Waals surface area contributed by atoms with E-state index in [-0.39, 0.29) is 17.1 Å². The molecule has 0 spiro atoms. The van der Waals surface area contributed by atoms with Crippen molar-refractivity contribution in [1.82, 2.24) is 0 Å². The van der Waals surface area contributed by atoms with Crippen LogP contribution in [0.15, 0.2) is 151 Å². The van der Waals surface area contributed by atoms with Crippen molar-refractivity contribution in [2.75, 3.05) is 4.90 Å². The zero-order chi connectivity index (χ0) is 27.8. The summed E-state index contributed by atoms with van der Waals surface area (Å²) in [6, 6.07) is 48.2. The van der Waals surface area contributed by atoms with Gasteiger partial charge in [-0.3, -0.25) is 9.59 Å². The van der Waals surface area contributed by atoms with E-state index in [1.165, 1.54) is 0 Å². The molecule has 0 saturated carbocycles. The molecule has 1 aliphatic rings. The molecule has 7 rings (SSSR count). The number of Topliss-reactive ketones (excluding diaryl/α,β-unsaturated/α-hetero) is 2. The van der Waals surface area contributed by atoms with E-state index in [0.717, 1.165) is 44.5 Å². The van der Waals surface area contributed by atoms with Gasteiger partial charge in [-0.2, -0.15) is 0 Å². The van der Waals surface area contributed by atoms with Crippen molar-refractivity contribution in [3.63, 3.8) is 0 Å². The van der Waals surface area contributed by atoms with Gasteiger partial charge in [-0.25, -0.2) is 0 Å². The maximum Gasteiger partial charge on any atom is 0.197 e. The first kappa shape index (κ1) is 24.5. The number of hydrogen-bond acceptors (Lipinski definition) is 3. The van der Waals surface area contributed by atoms with Crippen LogP contribution in [-0.2, 0) is 0 Å². The Morgan fingerprint density at radius 1 is 0.463 bits per heavy atom. The first-order chi connectivity index (χ1) is 20.2. The molecule has 0 aliphatic heterocycles. The summed E-state index contributed by atoms with van der Waals surface area (Å²) in [6.45, 7) is 0. The molecular formula is C38H25NO2. The number of hydrogen-bond donors (Lipinski definition) is 0. The number of ketones is 2. The van der Waals surface area contributed by atoms with Crippen molar-refractivity contribution < 1.29 is 9.59 Å². The molecule has 1 aliphatic carbocycles. The molecule has 0 fully saturated rings. The van der Waals surface area contributed by atoms with Gasteiger partial charge in [0.15, 0.2) is 11.6 Å². The van der Waals surface area contributed by atoms with Crippen LogP contribution in [0.2, 0.25) is 0 Å². The molecule has 0 bridgehead atoms. The lowest BCUT2D eigenvalue weighted by atomic mass is 9.95. The van der Waals surface area contributed by atoms with E-state index < -0.39 is 0 Å². The summed E-state index contributed by atoms with van der Waals surface area (Å²) in [5.41, 5.74) is 6.96. The van der Waals surface area contributed by atoms with Crippen LogP contribution in [0.4, 0.5) is 17.1 Å². The van der Waals surface area contributed by atoms with E-state index in [0.29, 0.717) is 11.1 Å². The normalized spacial score (nSPS) is 13.5. The van der Waals surface area contributed by atoms with Crippen molar-refractivity contribution in [2.24, 2.45) is 0 Å². The number of carbonyl (C=O) groups is 2. The second kappa shape index (κ2) is 10.2. The topological polar surface area (TPSA) is 37.4 Å². The molecule has 6 aromatic carbocycles. The van der Waals surface area contributed by atoms with E-state index in [2.05, 4.69) is 53.4 Å². The van der Waals surface area contributed by atoms with Gasteiger partial charge in [-0.15, -0.1) is 0 Å². The monoisotopic (exact) mass is 527 g/mol. The number of benzene rings is 6. The molecule has 0 N–H and O–H groups in total. The first-order valence-electron chi connectivity index (χ1n) is 13.6. The Balaban J connectivity index is 1.22. The highest BCUT2D eigenvalue weighted by atomic mass is 16.2. The summed E-state index contributed by atoms with van der Waals surface area (Å²) in [4.78, 5) is 29.0. The molecule has 0 radical (unpaired) electrons. The Hall–Kier alpha value is -5.54. The largest absolute Gasteiger partial charge is 0.311 e. The Kier molecular flexibility index (Phi) is 6.10. The van der Waals surface area contributed by atoms with Gasteiger partial charge in [0.05, 0.1) is 5.57 Å². The average molecular weight is 528 g/mol. The van der Waals surface area contributed by atoms with Crippen molar-refractivity contribution in [2.45, 2.75) is 0 Å². The number of nitrogens with zero attached hydrogens (tertiary/aromatic N) is 1. The quantitative estimate of drug-likeness (QED) is 0.166. The highest BCUT2D eigenvalue weighted by Crippen LogP contribution is 2.36. The van der Waals surface area contributed by atoms with Gasteiger partial charge in [0, 0.05) is 28.2 Å². The highest BCUT2D eigenvalue weighted by molar-refractivity contribution is 6.41. The van der Waals surface area contributed by atoms with Crippen LogP contribution < -0.4 is 4.90 Å². The van der Waals surface area contributed by atoms with Crippen molar-refractivity contribution in [3.05, 3.63) is 168 Å². The van der Waals surface area contributed by atoms with E-state index in [1.807, 2.05) is 91.0 Å². The summed E-state index contributed by atoms with van der Waals surface area (Å²) in [5.74, 6) is -0.458. The van der Waals surface area contributed by atoms with Crippen LogP contribution in [0, 0.1) is 0 Å². The van der Waals surface area contributed by atoms with Crippen molar-refractivity contribution in [3.8, 4) is 11.1 Å². The van der Waals surface area contributed by atoms with Crippen molar-refractivity contribution in [1.29, 1.82) is 0 Å². The van der Waals surface area contributed by atoms with Crippen LogP contribution in [-0.4, -0.2) is 11.6 Å². The molecule has 0 unspecified atom stereocenters. The van der Waals surface area contributed by atoms with Crippen LogP contribution in [0.5, 0.6) is 0 Å². The number of rotatable bonds is 5. The predicted molar refractivity (Wildman–Crippen MR) is 167 cm³/mol. The maximum atomic E-state index is 13.5. The Morgan fingerprint density at radius 3 is 1.76 bits per heavy atom. The van der Waals surface area contributed by atoms with Gasteiger partial charge < -0.3 is 4.90 Å². The maximum absolute atomic E-state index is 13.5. The smallest absolute Gasteiger partial charge is 0.197 e. The summed E-state index contributed by atoms with van der Waals surface area (Å²) in [5, 5.41) is 2.25. The highest BCUT2D eigenvalue weighted by Gasteiger charge is 2.33. The van der Waals surface area contributed by atoms with E-state index in [4.69, 9.17) is 0 Å². The Labute approximate surface area is 238 Å². The Bertz CT molecular complexity index is 1910. The van der Waals surface area contributed by atoms with E-state index in [9.17, 15) is 9.59 Å². The van der Waals surface area contributed by atoms with Gasteiger partial charge in [-0.05, 0) is 82.1 Å². The van der Waals surface area contributed by atoms with Gasteiger partial charge in [0.1, 0.15) is 0 Å². The van der Waals surface area contributed by atoms with Crippen LogP contribution >= 0.6 is 0 Å². The standard InChI is InChI=1S/C38H25NO2/c40-37-34-23-20-28(33-17-9-11-27-10-7-8-16-32(27)33)25-35(34)38(41)36(37)24-26-18-21-31(22-19-26)39(29-12-3-1-4-13-29)30-14-5-2-6-15-30/h1-25H/b36-24+. The third-order valence-electron chi connectivity index (χ3n) is 7.59. The number of para-hydroxylation sites is 2. The third-order valence-corrected chi connectivity index (χ3v) is 7.59. The summed E-state index contributed by atoms with van der Waals surface area (Å²) in [7, 11) is 0. The molecule has 41 heavy (non-hydrogen) atoms. The molecule has 194 valence electrons. The predicted octanol–water partition coefficient (Wildman–Crippen LogP) is 9.44. The van der Waals surface area contributed by atoms with Gasteiger partial charge in [-0.1, -0.05) is 97.1 Å². The minimum Gasteiger partial charge on any atom is -0.311 e. The summed E-state index contributed by atoms with van der Waals surface area (Å²) in [6.07, 6.45) is 1.71. The lowest BCUT2D eigenvalue weighted by Gasteiger charge is -2.25. The summed E-state index contributed by atoms with van der Waals surface area (Å²) >= 11 is 0. The van der Waals surface area contributed by atoms with Crippen LogP contribution in [0.3, 0.4) is 0 Å². The van der Waals surface area contributed by atoms with Crippen LogP contribution in [0.25, 0.3) is 28.0 Å². The number of anilines is 3. The fourth-order valence-corrected chi connectivity index (χ4v) is 5.59. The zero-order valence-corrected chi connectivity index (χ0v) is 22.2. The SMILES string of the molecule is O=C1/C(=C\c2ccc(N(c3ccccc3)c3ccccc3)cc2)C(=O)c2cc(-c3cccc4ccccc34)ccc21. The number of fused-ring (bicyclic) bond motifs is 2. The number of carbonyl (C=O) groups excluding carboxylic acids is 2. The molecule has 0 atom stereocenters. The Morgan fingerprint density at radius 2 is 1.05 bits per heavy atom. The van der Waals surface area contributed by atoms with Crippen LogP contribution in [0.1, 0.15) is 26.3 Å². The summed E-state index contributed by atoms with van der Waals surface area (Å²) < 4.78 is 0. The van der Waals surface area contributed by atoms with E-state index >= 15 is 0 Å². The molecule has 3 heteroatoms. The fraction of sp³-hybridized carbons (Fsp3) is 0. The molecule has 0 aromatic heterocycles. The lowest BCUT2D eigenvalue weighted by molar-refractivity contribution is 0.0990. The second-order valence-corrected chi connectivity index (χ2v) is 10.1. The number of allylic oxidation sites excluding steroid dienone is 1. The van der Waals surface area contributed by atoms with Gasteiger partial charge in [0.2, 0.25) is 0 Å². The molecule has 0 amide bonds. The van der Waals surface area contributed by atoms with Crippen molar-refractivity contribution >= 4 is 45.5 Å². The average Bonchev–Trinajstić information content (AvgIpc) is 3.27.